The zero-order chi connectivity index (χ0) is 13.2. The van der Waals surface area contributed by atoms with Crippen LogP contribution >= 0.6 is 34.2 Å². The molecule has 0 spiro atoms. The minimum atomic E-state index is -5.05. The van der Waals surface area contributed by atoms with E-state index in [1.54, 1.807) is 22.6 Å². The normalized spacial score (nSPS) is 12.0. The number of pyridine rings is 1. The lowest BCUT2D eigenvalue weighted by molar-refractivity contribution is -0.275. The van der Waals surface area contributed by atoms with E-state index in [0.717, 1.165) is 0 Å². The number of ether oxygens (including phenoxy) is 1. The van der Waals surface area contributed by atoms with E-state index in [2.05, 4.69) is 9.72 Å². The second kappa shape index (κ2) is 5.51. The summed E-state index contributed by atoms with van der Waals surface area (Å²) in [6.45, 7) is 0. The molecule has 1 aromatic heterocycles. The average molecular weight is 387 g/mol. The topological polar surface area (TPSA) is 22.1 Å². The molecule has 0 saturated carbocycles. The van der Waals surface area contributed by atoms with E-state index >= 15 is 0 Å². The maximum absolute atomic E-state index is 12.7. The number of nitrogens with zero attached hydrogens (tertiary/aromatic N) is 1. The Morgan fingerprint density at radius 2 is 2.00 bits per heavy atom. The van der Waals surface area contributed by atoms with Crippen molar-refractivity contribution >= 4 is 34.2 Å². The van der Waals surface area contributed by atoms with E-state index in [1.807, 2.05) is 0 Å². The van der Waals surface area contributed by atoms with Crippen molar-refractivity contribution in [1.29, 1.82) is 0 Å². The van der Waals surface area contributed by atoms with Crippen LogP contribution in [0.2, 0.25) is 0 Å². The van der Waals surface area contributed by atoms with Gasteiger partial charge in [-0.15, -0.1) is 24.8 Å². The summed E-state index contributed by atoms with van der Waals surface area (Å²) in [6, 6.07) is 0. The van der Waals surface area contributed by atoms with Gasteiger partial charge >= 0.3 is 6.36 Å². The smallest absolute Gasteiger partial charge is 0.404 e. The molecule has 0 saturated heterocycles. The van der Waals surface area contributed by atoms with E-state index in [1.165, 1.54) is 0 Å². The van der Waals surface area contributed by atoms with Crippen molar-refractivity contribution < 1.29 is 26.7 Å². The van der Waals surface area contributed by atoms with Gasteiger partial charge in [-0.3, -0.25) is 0 Å². The van der Waals surface area contributed by atoms with Gasteiger partial charge in [0.1, 0.15) is 3.70 Å². The molecule has 1 rings (SSSR count). The van der Waals surface area contributed by atoms with Gasteiger partial charge in [0.05, 0.1) is 17.6 Å². The highest BCUT2D eigenvalue weighted by atomic mass is 127. The summed E-state index contributed by atoms with van der Waals surface area (Å²) in [5.74, 6) is -1.40. The van der Waals surface area contributed by atoms with Crippen LogP contribution in [0.5, 0.6) is 5.75 Å². The fraction of sp³-hybridized carbons (Fsp3) is 0.375. The molecule has 0 amide bonds. The van der Waals surface area contributed by atoms with Gasteiger partial charge in [0.15, 0.2) is 5.75 Å². The van der Waals surface area contributed by atoms with Gasteiger partial charge in [-0.2, -0.15) is 0 Å². The molecule has 0 aromatic carbocycles. The Morgan fingerprint density at radius 1 is 1.41 bits per heavy atom. The molecule has 1 aromatic rings. The molecular weight excluding hydrogens is 383 g/mol. The zero-order valence-electron chi connectivity index (χ0n) is 7.86. The van der Waals surface area contributed by atoms with Crippen LogP contribution in [-0.2, 0) is 5.88 Å². The first-order chi connectivity index (χ1) is 7.76. The molecule has 9 heteroatoms. The molecule has 0 aliphatic heterocycles. The predicted octanol–water partition coefficient (Wildman–Crippen LogP) is 4.26. The van der Waals surface area contributed by atoms with Crippen LogP contribution in [0.25, 0.3) is 0 Å². The highest BCUT2D eigenvalue weighted by Gasteiger charge is 2.34. The summed E-state index contributed by atoms with van der Waals surface area (Å²) >= 11 is 7.02. The lowest BCUT2D eigenvalue weighted by Crippen LogP contribution is -2.19. The Balaban J connectivity index is 3.30. The quantitative estimate of drug-likeness (QED) is 0.335. The van der Waals surface area contributed by atoms with Crippen molar-refractivity contribution in [2.45, 2.75) is 18.7 Å². The third kappa shape index (κ3) is 3.80. The highest BCUT2D eigenvalue weighted by molar-refractivity contribution is 14.1. The Bertz CT molecular complexity index is 412. The van der Waals surface area contributed by atoms with E-state index in [-0.39, 0.29) is 15.1 Å². The van der Waals surface area contributed by atoms with Gasteiger partial charge in [-0.1, -0.05) is 0 Å². The van der Waals surface area contributed by atoms with Crippen molar-refractivity contribution in [2.75, 3.05) is 0 Å². The monoisotopic (exact) mass is 387 g/mol. The third-order valence-corrected chi connectivity index (χ3v) is 2.91. The molecule has 17 heavy (non-hydrogen) atoms. The van der Waals surface area contributed by atoms with Crippen LogP contribution < -0.4 is 4.74 Å². The first-order valence-corrected chi connectivity index (χ1v) is 5.64. The molecule has 1 heterocycles. The molecule has 0 radical (unpaired) electrons. The molecule has 0 fully saturated rings. The summed E-state index contributed by atoms with van der Waals surface area (Å²) in [5.41, 5.74) is -1.04. The minimum absolute atomic E-state index is 0.113. The molecule has 0 unspecified atom stereocenters. The van der Waals surface area contributed by atoms with Gasteiger partial charge in [0, 0.05) is 5.56 Å². The fourth-order valence-electron chi connectivity index (χ4n) is 1.09. The fourth-order valence-corrected chi connectivity index (χ4v) is 2.21. The van der Waals surface area contributed by atoms with Crippen LogP contribution in [0, 0.1) is 3.70 Å². The number of hydrogen-bond acceptors (Lipinski definition) is 2. The molecule has 0 atom stereocenters. The van der Waals surface area contributed by atoms with Crippen molar-refractivity contribution in [3.63, 3.8) is 0 Å². The summed E-state index contributed by atoms with van der Waals surface area (Å²) < 4.78 is 65.0. The second-order valence-electron chi connectivity index (χ2n) is 2.79. The Morgan fingerprint density at radius 3 is 2.41 bits per heavy atom. The van der Waals surface area contributed by atoms with Gasteiger partial charge in [-0.25, -0.2) is 13.8 Å². The Kier molecular flexibility index (Phi) is 4.76. The van der Waals surface area contributed by atoms with Gasteiger partial charge in [0.2, 0.25) is 0 Å². The third-order valence-electron chi connectivity index (χ3n) is 1.71. The van der Waals surface area contributed by atoms with Crippen molar-refractivity contribution in [1.82, 2.24) is 4.98 Å². The first kappa shape index (κ1) is 14.7. The van der Waals surface area contributed by atoms with Crippen LogP contribution in [0.1, 0.15) is 17.6 Å². The maximum Gasteiger partial charge on any atom is 0.573 e. The van der Waals surface area contributed by atoms with Crippen LogP contribution in [0.3, 0.4) is 0 Å². The molecule has 2 nitrogen and oxygen atoms in total. The van der Waals surface area contributed by atoms with Crippen molar-refractivity contribution in [3.05, 3.63) is 21.0 Å². The second-order valence-corrected chi connectivity index (χ2v) is 4.08. The van der Waals surface area contributed by atoms with Gasteiger partial charge in [0.25, 0.3) is 6.43 Å². The van der Waals surface area contributed by atoms with Gasteiger partial charge < -0.3 is 4.74 Å². The lowest BCUT2D eigenvalue weighted by atomic mass is 10.1. The molecule has 0 aliphatic carbocycles. The van der Waals surface area contributed by atoms with Crippen LogP contribution in [0.4, 0.5) is 22.0 Å². The summed E-state index contributed by atoms with van der Waals surface area (Å²) in [4.78, 5) is 3.52. The zero-order valence-corrected chi connectivity index (χ0v) is 10.8. The molecule has 0 bridgehead atoms. The summed E-state index contributed by atoms with van der Waals surface area (Å²) in [5, 5.41) is 0. The molecule has 0 aliphatic rings. The Labute approximate surface area is 111 Å². The van der Waals surface area contributed by atoms with Gasteiger partial charge in [-0.05, 0) is 22.6 Å². The largest absolute Gasteiger partial charge is 0.573 e. The highest BCUT2D eigenvalue weighted by Crippen LogP contribution is 2.36. The van der Waals surface area contributed by atoms with Crippen molar-refractivity contribution in [2.24, 2.45) is 0 Å². The molecule has 96 valence electrons. The number of halogens is 7. The number of hydrogen-bond donors (Lipinski definition) is 0. The Hall–Kier alpha value is -0.380. The van der Waals surface area contributed by atoms with E-state index in [4.69, 9.17) is 11.6 Å². The minimum Gasteiger partial charge on any atom is -0.404 e. The van der Waals surface area contributed by atoms with E-state index in [9.17, 15) is 22.0 Å². The molecule has 0 N–H and O–H groups in total. The summed E-state index contributed by atoms with van der Waals surface area (Å²) in [7, 11) is 0. The lowest BCUT2D eigenvalue weighted by Gasteiger charge is -2.15. The molecular formula is C8H4ClF5INO. The number of alkyl halides is 6. The number of aromatic nitrogens is 1. The van der Waals surface area contributed by atoms with Crippen LogP contribution in [0.15, 0.2) is 6.20 Å². The summed E-state index contributed by atoms with van der Waals surface area (Å²) in [6.07, 6.45) is -7.58. The first-order valence-electron chi connectivity index (χ1n) is 4.03. The number of rotatable bonds is 3. The average Bonchev–Trinajstić information content (AvgIpc) is 2.17. The van der Waals surface area contributed by atoms with Crippen LogP contribution in [-0.4, -0.2) is 11.3 Å². The SMILES string of the molecule is FC(F)c1c(OC(F)(F)F)cnc(I)c1CCl. The van der Waals surface area contributed by atoms with Crippen molar-refractivity contribution in [3.8, 4) is 5.75 Å². The maximum atomic E-state index is 12.7. The standard InChI is InChI=1S/C8H4ClF5INO/c9-1-3-5(6(10)11)4(2-16-7(3)15)17-8(12,13)14/h2,6H,1H2. The van der Waals surface area contributed by atoms with E-state index < -0.39 is 24.1 Å². The van der Waals surface area contributed by atoms with E-state index in [0.29, 0.717) is 6.20 Å². The predicted molar refractivity (Wildman–Crippen MR) is 58.2 cm³/mol.